The molecule has 0 unspecified atom stereocenters. The molecule has 4 nitrogen and oxygen atoms in total. The van der Waals surface area contributed by atoms with Gasteiger partial charge in [-0.05, 0) is 18.6 Å². The molecule has 0 aliphatic rings. The van der Waals surface area contributed by atoms with Crippen molar-refractivity contribution in [3.63, 3.8) is 0 Å². The van der Waals surface area contributed by atoms with E-state index < -0.39 is 5.91 Å². The second kappa shape index (κ2) is 3.89. The van der Waals surface area contributed by atoms with Crippen LogP contribution >= 0.6 is 0 Å². The average molecular weight is 180 g/mol. The lowest BCUT2D eigenvalue weighted by atomic mass is 10.2. The van der Waals surface area contributed by atoms with Crippen molar-refractivity contribution in [3.8, 4) is 5.75 Å². The zero-order valence-corrected chi connectivity index (χ0v) is 7.70. The SMILES string of the molecule is CCc1ccc(OC)c(C(N)=O)n1. The minimum Gasteiger partial charge on any atom is -0.494 e. The molecule has 1 heterocycles. The number of hydrogen-bond donors (Lipinski definition) is 1. The number of amides is 1. The molecule has 1 amide bonds. The van der Waals surface area contributed by atoms with Crippen molar-refractivity contribution in [1.29, 1.82) is 0 Å². The molecule has 1 aromatic heterocycles. The highest BCUT2D eigenvalue weighted by atomic mass is 16.5. The summed E-state index contributed by atoms with van der Waals surface area (Å²) in [5.41, 5.74) is 6.16. The molecule has 0 fully saturated rings. The largest absolute Gasteiger partial charge is 0.494 e. The van der Waals surface area contributed by atoms with E-state index in [-0.39, 0.29) is 5.69 Å². The lowest BCUT2D eigenvalue weighted by Crippen LogP contribution is -2.15. The Balaban J connectivity index is 3.18. The molecule has 0 radical (unpaired) electrons. The topological polar surface area (TPSA) is 65.2 Å². The number of primary amides is 1. The highest BCUT2D eigenvalue weighted by molar-refractivity contribution is 5.93. The average Bonchev–Trinajstić information content (AvgIpc) is 2.16. The van der Waals surface area contributed by atoms with Crippen LogP contribution in [0.15, 0.2) is 12.1 Å². The molecule has 0 atom stereocenters. The first kappa shape index (κ1) is 9.51. The zero-order chi connectivity index (χ0) is 9.84. The molecule has 0 bridgehead atoms. The van der Waals surface area contributed by atoms with E-state index in [1.807, 2.05) is 13.0 Å². The Bertz CT molecular complexity index is 323. The quantitative estimate of drug-likeness (QED) is 0.746. The Hall–Kier alpha value is -1.58. The summed E-state index contributed by atoms with van der Waals surface area (Å²) in [6.45, 7) is 1.96. The summed E-state index contributed by atoms with van der Waals surface area (Å²) in [5, 5.41) is 0. The normalized spacial score (nSPS) is 9.69. The minimum atomic E-state index is -0.563. The second-order valence-electron chi connectivity index (χ2n) is 2.57. The van der Waals surface area contributed by atoms with Gasteiger partial charge in [0.05, 0.1) is 7.11 Å². The van der Waals surface area contributed by atoms with Gasteiger partial charge in [0.25, 0.3) is 5.91 Å². The molecule has 0 saturated heterocycles. The molecule has 2 N–H and O–H groups in total. The third-order valence-electron chi connectivity index (χ3n) is 1.73. The molecule has 13 heavy (non-hydrogen) atoms. The summed E-state index contributed by atoms with van der Waals surface area (Å²) in [7, 11) is 1.48. The molecule has 0 aromatic carbocycles. The van der Waals surface area contributed by atoms with Gasteiger partial charge in [0.15, 0.2) is 5.69 Å². The van der Waals surface area contributed by atoms with Crippen molar-refractivity contribution in [2.75, 3.05) is 7.11 Å². The molecule has 0 saturated carbocycles. The summed E-state index contributed by atoms with van der Waals surface area (Å²) < 4.78 is 4.94. The van der Waals surface area contributed by atoms with E-state index in [1.165, 1.54) is 7.11 Å². The maximum absolute atomic E-state index is 10.9. The fourth-order valence-corrected chi connectivity index (χ4v) is 1.02. The molecular weight excluding hydrogens is 168 g/mol. The lowest BCUT2D eigenvalue weighted by Gasteiger charge is -2.05. The van der Waals surface area contributed by atoms with Gasteiger partial charge in [0, 0.05) is 5.69 Å². The fraction of sp³-hybridized carbons (Fsp3) is 0.333. The standard InChI is InChI=1S/C9H12N2O2/c1-3-6-4-5-7(13-2)8(11-6)9(10)12/h4-5H,3H2,1-2H3,(H2,10,12). The Kier molecular flexibility index (Phi) is 2.84. The number of nitrogens with two attached hydrogens (primary N) is 1. The van der Waals surface area contributed by atoms with Crippen molar-refractivity contribution in [2.45, 2.75) is 13.3 Å². The van der Waals surface area contributed by atoms with Crippen LogP contribution in [-0.4, -0.2) is 18.0 Å². The molecule has 1 rings (SSSR count). The Morgan fingerprint density at radius 3 is 2.77 bits per heavy atom. The summed E-state index contributed by atoms with van der Waals surface area (Å²) in [4.78, 5) is 15.0. The van der Waals surface area contributed by atoms with Gasteiger partial charge in [-0.3, -0.25) is 4.79 Å². The van der Waals surface area contributed by atoms with Crippen LogP contribution in [0.3, 0.4) is 0 Å². The first-order valence-electron chi connectivity index (χ1n) is 4.02. The number of aryl methyl sites for hydroxylation is 1. The predicted octanol–water partition coefficient (Wildman–Crippen LogP) is 0.752. The zero-order valence-electron chi connectivity index (χ0n) is 7.70. The van der Waals surface area contributed by atoms with E-state index in [0.717, 1.165) is 12.1 Å². The van der Waals surface area contributed by atoms with Crippen molar-refractivity contribution in [2.24, 2.45) is 5.73 Å². The van der Waals surface area contributed by atoms with E-state index in [0.29, 0.717) is 5.75 Å². The number of pyridine rings is 1. The third kappa shape index (κ3) is 1.96. The number of carbonyl (C=O) groups is 1. The van der Waals surface area contributed by atoms with Crippen molar-refractivity contribution in [1.82, 2.24) is 4.98 Å². The highest BCUT2D eigenvalue weighted by Gasteiger charge is 2.10. The first-order chi connectivity index (χ1) is 6.19. The van der Waals surface area contributed by atoms with Crippen molar-refractivity contribution < 1.29 is 9.53 Å². The summed E-state index contributed by atoms with van der Waals surface area (Å²) >= 11 is 0. The number of carbonyl (C=O) groups excluding carboxylic acids is 1. The summed E-state index contributed by atoms with van der Waals surface area (Å²) in [6, 6.07) is 3.51. The monoisotopic (exact) mass is 180 g/mol. The smallest absolute Gasteiger partial charge is 0.271 e. The van der Waals surface area contributed by atoms with Crippen LogP contribution in [-0.2, 0) is 6.42 Å². The highest BCUT2D eigenvalue weighted by Crippen LogP contribution is 2.15. The van der Waals surface area contributed by atoms with E-state index in [2.05, 4.69) is 4.98 Å². The number of methoxy groups -OCH3 is 1. The van der Waals surface area contributed by atoms with Crippen LogP contribution in [0.2, 0.25) is 0 Å². The Morgan fingerprint density at radius 1 is 1.62 bits per heavy atom. The molecular formula is C9H12N2O2. The third-order valence-corrected chi connectivity index (χ3v) is 1.73. The molecule has 0 aliphatic carbocycles. The molecule has 0 spiro atoms. The van der Waals surface area contributed by atoms with E-state index >= 15 is 0 Å². The van der Waals surface area contributed by atoms with E-state index in [1.54, 1.807) is 6.07 Å². The van der Waals surface area contributed by atoms with E-state index in [4.69, 9.17) is 10.5 Å². The van der Waals surface area contributed by atoms with Crippen molar-refractivity contribution in [3.05, 3.63) is 23.5 Å². The van der Waals surface area contributed by atoms with Gasteiger partial charge in [0.2, 0.25) is 0 Å². The lowest BCUT2D eigenvalue weighted by molar-refractivity contribution is 0.0992. The fourth-order valence-electron chi connectivity index (χ4n) is 1.02. The number of nitrogens with zero attached hydrogens (tertiary/aromatic N) is 1. The van der Waals surface area contributed by atoms with Crippen LogP contribution < -0.4 is 10.5 Å². The number of ether oxygens (including phenoxy) is 1. The van der Waals surface area contributed by atoms with Crippen LogP contribution in [0.1, 0.15) is 23.1 Å². The number of hydrogen-bond acceptors (Lipinski definition) is 3. The van der Waals surface area contributed by atoms with Gasteiger partial charge < -0.3 is 10.5 Å². The number of rotatable bonds is 3. The van der Waals surface area contributed by atoms with Gasteiger partial charge in [-0.2, -0.15) is 0 Å². The van der Waals surface area contributed by atoms with Gasteiger partial charge >= 0.3 is 0 Å². The van der Waals surface area contributed by atoms with Gasteiger partial charge in [-0.25, -0.2) is 4.98 Å². The van der Waals surface area contributed by atoms with Gasteiger partial charge in [-0.1, -0.05) is 6.92 Å². The van der Waals surface area contributed by atoms with Gasteiger partial charge in [-0.15, -0.1) is 0 Å². The summed E-state index contributed by atoms with van der Waals surface area (Å²) in [6.07, 6.45) is 0.768. The maximum atomic E-state index is 10.9. The maximum Gasteiger partial charge on any atom is 0.271 e. The molecule has 70 valence electrons. The van der Waals surface area contributed by atoms with Crippen LogP contribution in [0.5, 0.6) is 5.75 Å². The molecule has 1 aromatic rings. The van der Waals surface area contributed by atoms with Crippen LogP contribution in [0.4, 0.5) is 0 Å². The Labute approximate surface area is 76.7 Å². The number of aromatic nitrogens is 1. The summed E-state index contributed by atoms with van der Waals surface area (Å²) in [5.74, 6) is -0.142. The van der Waals surface area contributed by atoms with Crippen LogP contribution in [0.25, 0.3) is 0 Å². The molecule has 0 aliphatic heterocycles. The van der Waals surface area contributed by atoms with Crippen molar-refractivity contribution >= 4 is 5.91 Å². The van der Waals surface area contributed by atoms with E-state index in [9.17, 15) is 4.79 Å². The van der Waals surface area contributed by atoms with Gasteiger partial charge in [0.1, 0.15) is 5.75 Å². The predicted molar refractivity (Wildman–Crippen MR) is 48.7 cm³/mol. The minimum absolute atomic E-state index is 0.196. The first-order valence-corrected chi connectivity index (χ1v) is 4.02. The Morgan fingerprint density at radius 2 is 2.31 bits per heavy atom. The molecule has 4 heteroatoms. The second-order valence-corrected chi connectivity index (χ2v) is 2.57. The van der Waals surface area contributed by atoms with Crippen LogP contribution in [0, 0.1) is 0 Å².